The number of unbranched alkanes of at least 4 members (excludes halogenated alkanes) is 1. The average Bonchev–Trinajstić information content (AvgIpc) is 3.24. The highest BCUT2D eigenvalue weighted by atomic mass is 79.9. The van der Waals surface area contributed by atoms with Gasteiger partial charge in [0.1, 0.15) is 10.7 Å². The maximum Gasteiger partial charge on any atom is 0.254 e. The minimum absolute atomic E-state index is 0.000263. The van der Waals surface area contributed by atoms with Crippen LogP contribution in [0.5, 0.6) is 0 Å². The summed E-state index contributed by atoms with van der Waals surface area (Å²) in [6.07, 6.45) is 3.65. The standard InChI is InChI=1S/C29H38BrN3O3Si/c1-29(2,3)37(4,5)35-20-24-28(34)33(18-12-11-15-22-19-26(30)32-36-22)25-17-10-9-16-23(25)27(31-24)21-13-7-6-8-14-21/h6-10,13-14,16-17,22,24H,11-12,15,18-20H2,1-5H3/t22-,24+/m0/s1. The van der Waals surface area contributed by atoms with Crippen molar-refractivity contribution in [3.05, 3.63) is 65.7 Å². The van der Waals surface area contributed by atoms with E-state index in [1.165, 1.54) is 0 Å². The summed E-state index contributed by atoms with van der Waals surface area (Å²) in [7, 11) is -2.06. The molecule has 0 unspecified atom stereocenters. The van der Waals surface area contributed by atoms with Crippen LogP contribution in [0.25, 0.3) is 0 Å². The number of hydrogen-bond donors (Lipinski definition) is 0. The van der Waals surface area contributed by atoms with Gasteiger partial charge in [0.25, 0.3) is 5.91 Å². The van der Waals surface area contributed by atoms with Crippen molar-refractivity contribution in [2.24, 2.45) is 10.1 Å². The summed E-state index contributed by atoms with van der Waals surface area (Å²) in [6, 6.07) is 17.7. The molecule has 0 saturated carbocycles. The van der Waals surface area contributed by atoms with E-state index in [2.05, 4.69) is 73.1 Å². The molecule has 2 aliphatic heterocycles. The van der Waals surface area contributed by atoms with Crippen LogP contribution >= 0.6 is 15.9 Å². The van der Waals surface area contributed by atoms with E-state index in [1.54, 1.807) is 0 Å². The van der Waals surface area contributed by atoms with Crippen LogP contribution in [-0.2, 0) is 14.1 Å². The first kappa shape index (κ1) is 27.7. The van der Waals surface area contributed by atoms with Crippen LogP contribution in [0.3, 0.4) is 0 Å². The Morgan fingerprint density at radius 2 is 1.78 bits per heavy atom. The number of nitrogens with zero attached hydrogens (tertiary/aromatic N) is 3. The number of benzene rings is 2. The SMILES string of the molecule is CC(C)(C)[Si](C)(C)OC[C@H]1N=C(c2ccccc2)c2ccccc2N(CCCC[C@H]2CC(Br)=NO2)C1=O. The van der Waals surface area contributed by atoms with Crippen LogP contribution in [-0.4, -0.2) is 49.9 Å². The van der Waals surface area contributed by atoms with Crippen LogP contribution < -0.4 is 4.90 Å². The fourth-order valence-corrected chi connectivity index (χ4v) is 5.80. The largest absolute Gasteiger partial charge is 0.414 e. The van der Waals surface area contributed by atoms with Gasteiger partial charge in [-0.3, -0.25) is 9.79 Å². The number of carbonyl (C=O) groups is 1. The Labute approximate surface area is 230 Å². The minimum atomic E-state index is -2.06. The van der Waals surface area contributed by atoms with Crippen LogP contribution in [0.2, 0.25) is 18.1 Å². The van der Waals surface area contributed by atoms with Gasteiger partial charge in [0, 0.05) is 24.1 Å². The van der Waals surface area contributed by atoms with Crippen molar-refractivity contribution in [1.29, 1.82) is 0 Å². The molecule has 4 rings (SSSR count). The zero-order chi connectivity index (χ0) is 26.6. The van der Waals surface area contributed by atoms with Crippen LogP contribution in [0.1, 0.15) is 57.6 Å². The van der Waals surface area contributed by atoms with E-state index >= 15 is 0 Å². The predicted octanol–water partition coefficient (Wildman–Crippen LogP) is 6.93. The molecule has 2 aromatic carbocycles. The van der Waals surface area contributed by atoms with Crippen LogP contribution in [0, 0.1) is 0 Å². The molecule has 2 heterocycles. The number of halogens is 1. The molecule has 2 aliphatic rings. The van der Waals surface area contributed by atoms with Crippen molar-refractivity contribution in [3.8, 4) is 0 Å². The highest BCUT2D eigenvalue weighted by Crippen LogP contribution is 2.37. The molecule has 0 N–H and O–H groups in total. The molecular formula is C29H38BrN3O3Si. The number of amides is 1. The lowest BCUT2D eigenvalue weighted by atomic mass is 10.00. The molecule has 0 bridgehead atoms. The number of benzodiazepines with no additional fused rings is 1. The summed E-state index contributed by atoms with van der Waals surface area (Å²) in [5.74, 6) is 0.000263. The molecule has 2 atom stereocenters. The summed E-state index contributed by atoms with van der Waals surface area (Å²) in [5, 5.41) is 4.04. The zero-order valence-electron chi connectivity index (χ0n) is 22.5. The highest BCUT2D eigenvalue weighted by molar-refractivity contribution is 9.18. The first-order valence-corrected chi connectivity index (χ1v) is 16.8. The number of para-hydroxylation sites is 1. The Morgan fingerprint density at radius 3 is 2.46 bits per heavy atom. The Kier molecular flexibility index (Phi) is 8.71. The van der Waals surface area contributed by atoms with Gasteiger partial charge in [-0.1, -0.05) is 74.5 Å². The van der Waals surface area contributed by atoms with E-state index in [9.17, 15) is 4.79 Å². The third-order valence-electron chi connectivity index (χ3n) is 7.60. The van der Waals surface area contributed by atoms with Crippen molar-refractivity contribution in [1.82, 2.24) is 0 Å². The average molecular weight is 585 g/mol. The normalized spacial score (nSPS) is 20.2. The number of anilines is 1. The number of hydrogen-bond acceptors (Lipinski definition) is 5. The number of carbonyl (C=O) groups excluding carboxylic acids is 1. The smallest absolute Gasteiger partial charge is 0.254 e. The number of fused-ring (bicyclic) bond motifs is 1. The molecule has 0 aliphatic carbocycles. The molecule has 8 heteroatoms. The zero-order valence-corrected chi connectivity index (χ0v) is 25.1. The first-order valence-electron chi connectivity index (χ1n) is 13.1. The van der Waals surface area contributed by atoms with Crippen molar-refractivity contribution in [2.45, 2.75) is 76.7 Å². The molecule has 0 aromatic heterocycles. The van der Waals surface area contributed by atoms with E-state index in [0.29, 0.717) is 6.54 Å². The number of oxime groups is 1. The third kappa shape index (κ3) is 6.59. The lowest BCUT2D eigenvalue weighted by Crippen LogP contribution is -2.46. The molecule has 0 fully saturated rings. The van der Waals surface area contributed by atoms with Gasteiger partial charge in [-0.2, -0.15) is 0 Å². The maximum absolute atomic E-state index is 14.1. The molecule has 2 aromatic rings. The van der Waals surface area contributed by atoms with Crippen LogP contribution in [0.15, 0.2) is 64.7 Å². The fourth-order valence-electron chi connectivity index (χ4n) is 4.35. The second-order valence-electron chi connectivity index (χ2n) is 11.3. The summed E-state index contributed by atoms with van der Waals surface area (Å²) >= 11 is 3.41. The molecule has 198 valence electrons. The Balaban J connectivity index is 1.61. The minimum Gasteiger partial charge on any atom is -0.414 e. The second kappa shape index (κ2) is 11.6. The fraction of sp³-hybridized carbons (Fsp3) is 0.483. The topological polar surface area (TPSA) is 63.5 Å². The van der Waals surface area contributed by atoms with E-state index < -0.39 is 14.4 Å². The second-order valence-corrected chi connectivity index (χ2v) is 17.1. The molecular weight excluding hydrogens is 546 g/mol. The predicted molar refractivity (Wildman–Crippen MR) is 158 cm³/mol. The Hall–Kier alpha value is -2.29. The summed E-state index contributed by atoms with van der Waals surface area (Å²) in [4.78, 5) is 26.5. The van der Waals surface area contributed by atoms with Gasteiger partial charge in [-0.05, 0) is 59.4 Å². The molecule has 0 saturated heterocycles. The van der Waals surface area contributed by atoms with Gasteiger partial charge in [0.05, 0.1) is 18.0 Å². The van der Waals surface area contributed by atoms with Gasteiger partial charge < -0.3 is 14.2 Å². The van der Waals surface area contributed by atoms with Crippen molar-refractivity contribution in [3.63, 3.8) is 0 Å². The van der Waals surface area contributed by atoms with Gasteiger partial charge in [-0.25, -0.2) is 0 Å². The van der Waals surface area contributed by atoms with Gasteiger partial charge in [0.15, 0.2) is 14.4 Å². The van der Waals surface area contributed by atoms with Gasteiger partial charge in [-0.15, -0.1) is 0 Å². The Morgan fingerprint density at radius 1 is 1.08 bits per heavy atom. The molecule has 0 spiro atoms. The van der Waals surface area contributed by atoms with E-state index in [1.807, 2.05) is 41.3 Å². The summed E-state index contributed by atoms with van der Waals surface area (Å²) in [5.41, 5.74) is 3.74. The van der Waals surface area contributed by atoms with Crippen molar-refractivity contribution >= 4 is 46.2 Å². The van der Waals surface area contributed by atoms with Crippen molar-refractivity contribution < 1.29 is 14.1 Å². The first-order chi connectivity index (χ1) is 17.6. The molecule has 6 nitrogen and oxygen atoms in total. The Bertz CT molecular complexity index is 1160. The molecule has 37 heavy (non-hydrogen) atoms. The van der Waals surface area contributed by atoms with E-state index in [4.69, 9.17) is 14.3 Å². The number of aliphatic imine (C=N–C) groups is 1. The number of rotatable bonds is 9. The highest BCUT2D eigenvalue weighted by Gasteiger charge is 2.39. The monoisotopic (exact) mass is 583 g/mol. The summed E-state index contributed by atoms with van der Waals surface area (Å²) in [6.45, 7) is 12.0. The van der Waals surface area contributed by atoms with Crippen LogP contribution in [0.4, 0.5) is 5.69 Å². The van der Waals surface area contributed by atoms with Gasteiger partial charge >= 0.3 is 0 Å². The lowest BCUT2D eigenvalue weighted by molar-refractivity contribution is -0.120. The quantitative estimate of drug-likeness (QED) is 0.237. The molecule has 1 amide bonds. The van der Waals surface area contributed by atoms with Gasteiger partial charge in [0.2, 0.25) is 0 Å². The van der Waals surface area contributed by atoms with E-state index in [-0.39, 0.29) is 23.7 Å². The third-order valence-corrected chi connectivity index (χ3v) is 12.6. The lowest BCUT2D eigenvalue weighted by Gasteiger charge is -2.37. The summed E-state index contributed by atoms with van der Waals surface area (Å²) < 4.78 is 7.41. The molecule has 0 radical (unpaired) electrons. The maximum atomic E-state index is 14.1. The van der Waals surface area contributed by atoms with E-state index in [0.717, 1.165) is 52.8 Å². The van der Waals surface area contributed by atoms with Crippen molar-refractivity contribution in [2.75, 3.05) is 18.1 Å².